The van der Waals surface area contributed by atoms with Gasteiger partial charge in [-0.2, -0.15) is 0 Å². The zero-order valence-electron chi connectivity index (χ0n) is 10.4. The molecule has 1 amide bonds. The molecule has 2 rings (SSSR count). The van der Waals surface area contributed by atoms with Crippen molar-refractivity contribution >= 4 is 5.91 Å². The second-order valence-electron chi connectivity index (χ2n) is 4.91. The Bertz CT molecular complexity index is 258. The van der Waals surface area contributed by atoms with Crippen LogP contribution in [0.3, 0.4) is 0 Å². The zero-order valence-corrected chi connectivity index (χ0v) is 10.4. The number of carbonyl (C=O) groups is 1. The van der Waals surface area contributed by atoms with Crippen LogP contribution >= 0.6 is 0 Å². The smallest absolute Gasteiger partial charge is 0.253 e. The molecular weight excluding hydrogens is 220 g/mol. The van der Waals surface area contributed by atoms with Crippen molar-refractivity contribution in [1.82, 2.24) is 4.90 Å². The van der Waals surface area contributed by atoms with Crippen molar-refractivity contribution in [3.05, 3.63) is 0 Å². The van der Waals surface area contributed by atoms with E-state index in [0.717, 1.165) is 39.0 Å². The molecule has 1 heterocycles. The molecule has 0 bridgehead atoms. The third-order valence-corrected chi connectivity index (χ3v) is 3.52. The van der Waals surface area contributed by atoms with E-state index in [4.69, 9.17) is 15.2 Å². The Morgan fingerprint density at radius 3 is 2.76 bits per heavy atom. The second kappa shape index (κ2) is 5.80. The zero-order chi connectivity index (χ0) is 12.3. The minimum atomic E-state index is -0.488. The molecule has 1 aliphatic carbocycles. The molecule has 0 aromatic heterocycles. The van der Waals surface area contributed by atoms with Crippen molar-refractivity contribution < 1.29 is 14.3 Å². The van der Waals surface area contributed by atoms with Gasteiger partial charge in [0.15, 0.2) is 0 Å². The lowest BCUT2D eigenvalue weighted by atomic mass is 10.1. The van der Waals surface area contributed by atoms with Crippen LogP contribution in [0.4, 0.5) is 0 Å². The highest BCUT2D eigenvalue weighted by Crippen LogP contribution is 2.29. The Hall–Kier alpha value is -0.650. The molecule has 2 N–H and O–H groups in total. The molecule has 5 heteroatoms. The van der Waals surface area contributed by atoms with Gasteiger partial charge in [-0.15, -0.1) is 0 Å². The molecule has 98 valence electrons. The third kappa shape index (κ3) is 3.18. The Morgan fingerprint density at radius 2 is 2.29 bits per heavy atom. The molecule has 0 spiro atoms. The van der Waals surface area contributed by atoms with Gasteiger partial charge >= 0.3 is 0 Å². The van der Waals surface area contributed by atoms with Crippen LogP contribution in [0.15, 0.2) is 0 Å². The average molecular weight is 242 g/mol. The van der Waals surface area contributed by atoms with Crippen molar-refractivity contribution in [3.63, 3.8) is 0 Å². The van der Waals surface area contributed by atoms with Crippen molar-refractivity contribution in [2.24, 2.45) is 11.7 Å². The van der Waals surface area contributed by atoms with Crippen molar-refractivity contribution in [2.45, 2.75) is 31.4 Å². The summed E-state index contributed by atoms with van der Waals surface area (Å²) in [4.78, 5) is 14.2. The standard InChI is InChI=1S/C12H22N2O3/c1-16-11(6-13)12(15)14(10-2-3-10)7-9-4-5-17-8-9/h9-11H,2-8,13H2,1H3. The molecule has 5 nitrogen and oxygen atoms in total. The highest BCUT2D eigenvalue weighted by molar-refractivity contribution is 5.81. The van der Waals surface area contributed by atoms with Crippen LogP contribution in [0, 0.1) is 5.92 Å². The maximum atomic E-state index is 12.3. The number of ether oxygens (including phenoxy) is 2. The first-order valence-electron chi connectivity index (χ1n) is 6.37. The minimum Gasteiger partial charge on any atom is -0.381 e. The third-order valence-electron chi connectivity index (χ3n) is 3.52. The molecule has 0 radical (unpaired) electrons. The summed E-state index contributed by atoms with van der Waals surface area (Å²) in [5, 5.41) is 0. The van der Waals surface area contributed by atoms with Gasteiger partial charge in [-0.1, -0.05) is 0 Å². The summed E-state index contributed by atoms with van der Waals surface area (Å²) in [6.07, 6.45) is 2.79. The van der Waals surface area contributed by atoms with E-state index >= 15 is 0 Å². The van der Waals surface area contributed by atoms with Crippen LogP contribution in [0.5, 0.6) is 0 Å². The number of carbonyl (C=O) groups excluding carboxylic acids is 1. The quantitative estimate of drug-likeness (QED) is 0.711. The molecule has 0 aromatic rings. The van der Waals surface area contributed by atoms with Gasteiger partial charge in [0, 0.05) is 38.8 Å². The molecule has 2 unspecified atom stereocenters. The molecule has 17 heavy (non-hydrogen) atoms. The van der Waals surface area contributed by atoms with Gasteiger partial charge in [0.1, 0.15) is 6.10 Å². The minimum absolute atomic E-state index is 0.0457. The fraction of sp³-hybridized carbons (Fsp3) is 0.917. The Morgan fingerprint density at radius 1 is 1.53 bits per heavy atom. The van der Waals surface area contributed by atoms with E-state index in [0.29, 0.717) is 12.0 Å². The number of methoxy groups -OCH3 is 1. The Balaban J connectivity index is 1.93. The Labute approximate surface area is 102 Å². The lowest BCUT2D eigenvalue weighted by molar-refractivity contribution is -0.142. The van der Waals surface area contributed by atoms with Crippen LogP contribution in [-0.4, -0.2) is 56.4 Å². The van der Waals surface area contributed by atoms with Gasteiger partial charge in [-0.05, 0) is 19.3 Å². The summed E-state index contributed by atoms with van der Waals surface area (Å²) in [7, 11) is 1.54. The SMILES string of the molecule is COC(CN)C(=O)N(CC1CCOC1)C1CC1. The summed E-state index contributed by atoms with van der Waals surface area (Å²) in [6, 6.07) is 0.410. The molecule has 0 aromatic carbocycles. The van der Waals surface area contributed by atoms with Gasteiger partial charge in [-0.25, -0.2) is 0 Å². The van der Waals surface area contributed by atoms with Gasteiger partial charge < -0.3 is 20.1 Å². The summed E-state index contributed by atoms with van der Waals surface area (Å²) in [5.41, 5.74) is 5.55. The fourth-order valence-corrected chi connectivity index (χ4v) is 2.29. The summed E-state index contributed by atoms with van der Waals surface area (Å²) in [5.74, 6) is 0.527. The Kier molecular flexibility index (Phi) is 4.36. The van der Waals surface area contributed by atoms with E-state index in [1.54, 1.807) is 7.11 Å². The van der Waals surface area contributed by atoms with E-state index in [-0.39, 0.29) is 12.5 Å². The summed E-state index contributed by atoms with van der Waals surface area (Å²) in [6.45, 7) is 2.64. The first-order valence-corrected chi connectivity index (χ1v) is 6.37. The predicted molar refractivity (Wildman–Crippen MR) is 63.5 cm³/mol. The predicted octanol–water partition coefficient (Wildman–Crippen LogP) is -0.0124. The van der Waals surface area contributed by atoms with Crippen molar-refractivity contribution in [2.75, 3.05) is 33.4 Å². The summed E-state index contributed by atoms with van der Waals surface area (Å²) < 4.78 is 10.5. The van der Waals surface area contributed by atoms with E-state index in [2.05, 4.69) is 0 Å². The van der Waals surface area contributed by atoms with E-state index < -0.39 is 6.10 Å². The van der Waals surface area contributed by atoms with Gasteiger partial charge in [0.2, 0.25) is 0 Å². The lowest BCUT2D eigenvalue weighted by Crippen LogP contribution is -2.46. The van der Waals surface area contributed by atoms with Gasteiger partial charge in [0.25, 0.3) is 5.91 Å². The highest BCUT2D eigenvalue weighted by Gasteiger charge is 2.37. The molecule has 1 saturated carbocycles. The topological polar surface area (TPSA) is 64.8 Å². The van der Waals surface area contributed by atoms with Crippen LogP contribution in [0.1, 0.15) is 19.3 Å². The largest absolute Gasteiger partial charge is 0.381 e. The summed E-state index contributed by atoms with van der Waals surface area (Å²) >= 11 is 0. The highest BCUT2D eigenvalue weighted by atomic mass is 16.5. The fourth-order valence-electron chi connectivity index (χ4n) is 2.29. The molecule has 1 aliphatic heterocycles. The average Bonchev–Trinajstić information content (AvgIpc) is 3.05. The molecule has 2 aliphatic rings. The molecule has 2 fully saturated rings. The van der Waals surface area contributed by atoms with Crippen LogP contribution in [-0.2, 0) is 14.3 Å². The van der Waals surface area contributed by atoms with Crippen LogP contribution < -0.4 is 5.73 Å². The van der Waals surface area contributed by atoms with Gasteiger partial charge in [0.05, 0.1) is 6.61 Å². The number of rotatable bonds is 6. The van der Waals surface area contributed by atoms with E-state index in [1.165, 1.54) is 0 Å². The van der Waals surface area contributed by atoms with Gasteiger partial charge in [-0.3, -0.25) is 4.79 Å². The van der Waals surface area contributed by atoms with Crippen LogP contribution in [0.25, 0.3) is 0 Å². The lowest BCUT2D eigenvalue weighted by Gasteiger charge is -2.28. The normalized spacial score (nSPS) is 25.9. The maximum Gasteiger partial charge on any atom is 0.253 e. The molecule has 2 atom stereocenters. The number of amides is 1. The number of hydrogen-bond acceptors (Lipinski definition) is 4. The maximum absolute atomic E-state index is 12.3. The second-order valence-corrected chi connectivity index (χ2v) is 4.91. The first kappa shape index (κ1) is 12.8. The molecule has 1 saturated heterocycles. The first-order chi connectivity index (χ1) is 8.26. The number of hydrogen-bond donors (Lipinski definition) is 1. The van der Waals surface area contributed by atoms with Crippen LogP contribution in [0.2, 0.25) is 0 Å². The van der Waals surface area contributed by atoms with E-state index in [9.17, 15) is 4.79 Å². The van der Waals surface area contributed by atoms with E-state index in [1.807, 2.05) is 4.90 Å². The van der Waals surface area contributed by atoms with Crippen molar-refractivity contribution in [3.8, 4) is 0 Å². The van der Waals surface area contributed by atoms with Crippen molar-refractivity contribution in [1.29, 1.82) is 0 Å². The monoisotopic (exact) mass is 242 g/mol. The number of nitrogens with two attached hydrogens (primary N) is 1. The molecular formula is C12H22N2O3. The number of nitrogens with zero attached hydrogens (tertiary/aromatic N) is 1.